The lowest BCUT2D eigenvalue weighted by Crippen LogP contribution is -2.11. The van der Waals surface area contributed by atoms with Crippen LogP contribution in [-0.4, -0.2) is 5.84 Å². The van der Waals surface area contributed by atoms with Crippen LogP contribution in [0.1, 0.15) is 18.1 Å². The second-order valence-corrected chi connectivity index (χ2v) is 4.16. The van der Waals surface area contributed by atoms with E-state index in [1.165, 1.54) is 17.7 Å². The van der Waals surface area contributed by atoms with E-state index in [9.17, 15) is 4.39 Å². The Bertz CT molecular complexity index is 594. The molecule has 0 bridgehead atoms. The molecule has 0 saturated carbocycles. The molecule has 0 spiro atoms. The first-order chi connectivity index (χ1) is 9.10. The van der Waals surface area contributed by atoms with Gasteiger partial charge in [-0.25, -0.2) is 4.39 Å². The maximum absolute atomic E-state index is 13.8. The quantitative estimate of drug-likeness (QED) is 0.651. The summed E-state index contributed by atoms with van der Waals surface area (Å²) in [4.78, 5) is 0. The summed E-state index contributed by atoms with van der Waals surface area (Å²) in [5.74, 6) is -0.00839. The molecular weight excluding hydrogens is 243 g/mol. The molecule has 0 radical (unpaired) electrons. The zero-order valence-corrected chi connectivity index (χ0v) is 10.6. The second-order valence-electron chi connectivity index (χ2n) is 4.16. The van der Waals surface area contributed by atoms with Crippen molar-refractivity contribution in [2.24, 2.45) is 5.73 Å². The van der Waals surface area contributed by atoms with E-state index in [1.807, 2.05) is 12.1 Å². The number of benzene rings is 2. The highest BCUT2D eigenvalue weighted by molar-refractivity contribution is 5.95. The van der Waals surface area contributed by atoms with Gasteiger partial charge in [-0.05, 0) is 42.3 Å². The van der Waals surface area contributed by atoms with E-state index in [4.69, 9.17) is 15.9 Å². The molecule has 0 heterocycles. The lowest BCUT2D eigenvalue weighted by molar-refractivity contribution is 0.442. The average Bonchev–Trinajstić information content (AvgIpc) is 2.41. The van der Waals surface area contributed by atoms with Gasteiger partial charge in [-0.3, -0.25) is 5.41 Å². The molecule has 3 N–H and O–H groups in total. The van der Waals surface area contributed by atoms with Crippen LogP contribution in [0.4, 0.5) is 4.39 Å². The molecule has 0 amide bonds. The summed E-state index contributed by atoms with van der Waals surface area (Å²) in [5.41, 5.74) is 6.83. The lowest BCUT2D eigenvalue weighted by atomic mass is 10.1. The van der Waals surface area contributed by atoms with Crippen LogP contribution in [0.2, 0.25) is 0 Å². The van der Waals surface area contributed by atoms with Gasteiger partial charge in [0, 0.05) is 5.56 Å². The van der Waals surface area contributed by atoms with Crippen LogP contribution in [0.15, 0.2) is 42.5 Å². The van der Waals surface area contributed by atoms with E-state index in [0.29, 0.717) is 11.3 Å². The molecule has 4 heteroatoms. The Labute approximate surface area is 111 Å². The minimum atomic E-state index is -0.535. The van der Waals surface area contributed by atoms with Gasteiger partial charge in [0.2, 0.25) is 0 Å². The van der Waals surface area contributed by atoms with Crippen LogP contribution < -0.4 is 10.5 Å². The fraction of sp³-hybridized carbons (Fsp3) is 0.133. The standard InChI is InChI=1S/C15H15FN2O/c1-2-10-3-6-12(7-4-10)19-14-8-5-11(15(17)18)9-13(14)16/h3-9H,2H2,1H3,(H3,17,18). The van der Waals surface area contributed by atoms with Crippen molar-refractivity contribution in [3.05, 3.63) is 59.4 Å². The molecule has 19 heavy (non-hydrogen) atoms. The maximum atomic E-state index is 13.8. The maximum Gasteiger partial charge on any atom is 0.166 e. The minimum Gasteiger partial charge on any atom is -0.454 e. The molecule has 0 aliphatic carbocycles. The van der Waals surface area contributed by atoms with Crippen LogP contribution >= 0.6 is 0 Å². The Hall–Kier alpha value is -2.36. The summed E-state index contributed by atoms with van der Waals surface area (Å²) in [6, 6.07) is 11.7. The number of rotatable bonds is 4. The molecule has 0 fully saturated rings. The predicted octanol–water partition coefficient (Wildman–Crippen LogP) is 3.46. The second kappa shape index (κ2) is 5.52. The molecule has 0 aliphatic heterocycles. The summed E-state index contributed by atoms with van der Waals surface area (Å²) in [6.07, 6.45) is 0.946. The first kappa shape index (κ1) is 13.1. The number of aryl methyl sites for hydroxylation is 1. The van der Waals surface area contributed by atoms with Crippen LogP contribution in [0, 0.1) is 11.2 Å². The zero-order valence-electron chi connectivity index (χ0n) is 10.6. The molecule has 0 atom stereocenters. The molecule has 98 valence electrons. The van der Waals surface area contributed by atoms with E-state index < -0.39 is 5.82 Å². The predicted molar refractivity (Wildman–Crippen MR) is 73.3 cm³/mol. The van der Waals surface area contributed by atoms with Crippen molar-refractivity contribution in [3.8, 4) is 11.5 Å². The topological polar surface area (TPSA) is 59.1 Å². The third-order valence-corrected chi connectivity index (χ3v) is 2.80. The van der Waals surface area contributed by atoms with Gasteiger partial charge >= 0.3 is 0 Å². The molecule has 0 saturated heterocycles. The van der Waals surface area contributed by atoms with Gasteiger partial charge < -0.3 is 10.5 Å². The number of amidine groups is 1. The van der Waals surface area contributed by atoms with Crippen molar-refractivity contribution in [1.29, 1.82) is 5.41 Å². The lowest BCUT2D eigenvalue weighted by Gasteiger charge is -2.08. The zero-order chi connectivity index (χ0) is 13.8. The van der Waals surface area contributed by atoms with Crippen molar-refractivity contribution in [1.82, 2.24) is 0 Å². The van der Waals surface area contributed by atoms with Crippen molar-refractivity contribution < 1.29 is 9.13 Å². The van der Waals surface area contributed by atoms with Gasteiger partial charge in [0.1, 0.15) is 11.6 Å². The average molecular weight is 258 g/mol. The van der Waals surface area contributed by atoms with Gasteiger partial charge in [0.05, 0.1) is 0 Å². The first-order valence-corrected chi connectivity index (χ1v) is 6.01. The van der Waals surface area contributed by atoms with Crippen molar-refractivity contribution >= 4 is 5.84 Å². The van der Waals surface area contributed by atoms with E-state index in [1.54, 1.807) is 18.2 Å². The molecule has 3 nitrogen and oxygen atoms in total. The fourth-order valence-electron chi connectivity index (χ4n) is 1.67. The first-order valence-electron chi connectivity index (χ1n) is 6.01. The molecule has 0 aliphatic rings. The van der Waals surface area contributed by atoms with Crippen LogP contribution in [0.25, 0.3) is 0 Å². The highest BCUT2D eigenvalue weighted by Crippen LogP contribution is 2.25. The SMILES string of the molecule is CCc1ccc(Oc2ccc(C(=N)N)cc2F)cc1. The molecule has 2 aromatic rings. The highest BCUT2D eigenvalue weighted by Gasteiger charge is 2.07. The Morgan fingerprint density at radius 3 is 2.42 bits per heavy atom. The monoisotopic (exact) mass is 258 g/mol. The largest absolute Gasteiger partial charge is 0.454 e. The summed E-state index contributed by atoms with van der Waals surface area (Å²) in [7, 11) is 0. The van der Waals surface area contributed by atoms with Gasteiger partial charge in [-0.15, -0.1) is 0 Å². The van der Waals surface area contributed by atoms with Crippen LogP contribution in [0.3, 0.4) is 0 Å². The number of halogens is 1. The summed E-state index contributed by atoms with van der Waals surface area (Å²) < 4.78 is 19.2. The Morgan fingerprint density at radius 1 is 1.21 bits per heavy atom. The van der Waals surface area contributed by atoms with Gasteiger partial charge in [-0.2, -0.15) is 0 Å². The smallest absolute Gasteiger partial charge is 0.166 e. The minimum absolute atomic E-state index is 0.120. The van der Waals surface area contributed by atoms with Crippen molar-refractivity contribution in [2.45, 2.75) is 13.3 Å². The normalized spacial score (nSPS) is 10.2. The summed E-state index contributed by atoms with van der Waals surface area (Å²) in [5, 5.41) is 7.24. The van der Waals surface area contributed by atoms with Gasteiger partial charge in [-0.1, -0.05) is 19.1 Å². The number of ether oxygens (including phenoxy) is 1. The van der Waals surface area contributed by atoms with Crippen LogP contribution in [-0.2, 0) is 6.42 Å². The van der Waals surface area contributed by atoms with E-state index in [0.717, 1.165) is 6.42 Å². The molecule has 0 aromatic heterocycles. The molecular formula is C15H15FN2O. The Balaban J connectivity index is 2.20. The molecule has 0 unspecified atom stereocenters. The van der Waals surface area contributed by atoms with Crippen LogP contribution in [0.5, 0.6) is 11.5 Å². The Kier molecular flexibility index (Phi) is 3.80. The van der Waals surface area contributed by atoms with Crippen molar-refractivity contribution in [3.63, 3.8) is 0 Å². The fourth-order valence-corrected chi connectivity index (χ4v) is 1.67. The molecule has 2 aromatic carbocycles. The number of nitrogens with one attached hydrogen (secondary N) is 1. The number of hydrogen-bond acceptors (Lipinski definition) is 2. The van der Waals surface area contributed by atoms with Gasteiger partial charge in [0.25, 0.3) is 0 Å². The van der Waals surface area contributed by atoms with E-state index in [-0.39, 0.29) is 11.6 Å². The highest BCUT2D eigenvalue weighted by atomic mass is 19.1. The number of hydrogen-bond donors (Lipinski definition) is 2. The van der Waals surface area contributed by atoms with E-state index in [2.05, 4.69) is 6.92 Å². The van der Waals surface area contributed by atoms with Crippen molar-refractivity contribution in [2.75, 3.05) is 0 Å². The number of nitrogen functional groups attached to an aromatic ring is 1. The third kappa shape index (κ3) is 3.10. The molecule has 2 rings (SSSR count). The summed E-state index contributed by atoms with van der Waals surface area (Å²) >= 11 is 0. The van der Waals surface area contributed by atoms with Gasteiger partial charge in [0.15, 0.2) is 11.6 Å². The summed E-state index contributed by atoms with van der Waals surface area (Å²) in [6.45, 7) is 2.07. The van der Waals surface area contributed by atoms with E-state index >= 15 is 0 Å². The number of nitrogens with two attached hydrogens (primary N) is 1. The third-order valence-electron chi connectivity index (χ3n) is 2.80. The Morgan fingerprint density at radius 2 is 1.89 bits per heavy atom.